The van der Waals surface area contributed by atoms with E-state index in [-0.39, 0.29) is 12.5 Å². The Morgan fingerprint density at radius 1 is 1.09 bits per heavy atom. The van der Waals surface area contributed by atoms with Gasteiger partial charge in [0.05, 0.1) is 11.9 Å². The predicted molar refractivity (Wildman–Crippen MR) is 135 cm³/mol. The van der Waals surface area contributed by atoms with Gasteiger partial charge in [0.25, 0.3) is 0 Å². The van der Waals surface area contributed by atoms with E-state index in [1.807, 2.05) is 38.1 Å². The maximum absolute atomic E-state index is 13.5. The van der Waals surface area contributed by atoms with E-state index in [0.717, 1.165) is 34.5 Å². The predicted octanol–water partition coefficient (Wildman–Crippen LogP) is 3.86. The summed E-state index contributed by atoms with van der Waals surface area (Å²) in [5.74, 6) is -0.727. The summed E-state index contributed by atoms with van der Waals surface area (Å²) in [6, 6.07) is 13.7. The molecule has 2 aromatic carbocycles. The number of benzene rings is 2. The largest absolute Gasteiger partial charge is 0.354 e. The number of anilines is 1. The Kier molecular flexibility index (Phi) is 9.91. The summed E-state index contributed by atoms with van der Waals surface area (Å²) in [4.78, 5) is 27.7. The lowest BCUT2D eigenvalue weighted by Crippen LogP contribution is -2.51. The van der Waals surface area contributed by atoms with Gasteiger partial charge in [0, 0.05) is 17.6 Å². The lowest BCUT2D eigenvalue weighted by Gasteiger charge is -2.32. The summed E-state index contributed by atoms with van der Waals surface area (Å²) in [5, 5.41) is 2.87. The molecule has 0 aliphatic heterocycles. The SMILES string of the molecule is CCCCNC(=O)C(C)N(Cc1ccccc1C)C(=O)CN(c1ccccc1Br)S(C)(=O)=O. The van der Waals surface area contributed by atoms with Crippen molar-refractivity contribution in [3.8, 4) is 0 Å². The third kappa shape index (κ3) is 7.57. The van der Waals surface area contributed by atoms with Crippen LogP contribution in [-0.4, -0.2) is 50.5 Å². The maximum Gasteiger partial charge on any atom is 0.244 e. The average Bonchev–Trinajstić information content (AvgIpc) is 2.76. The fourth-order valence-electron chi connectivity index (χ4n) is 3.34. The Balaban J connectivity index is 2.37. The zero-order valence-corrected chi connectivity index (χ0v) is 21.9. The van der Waals surface area contributed by atoms with Crippen molar-refractivity contribution in [1.29, 1.82) is 0 Å². The highest BCUT2D eigenvalue weighted by Crippen LogP contribution is 2.28. The van der Waals surface area contributed by atoms with Crippen molar-refractivity contribution in [2.75, 3.05) is 23.7 Å². The van der Waals surface area contributed by atoms with Crippen molar-refractivity contribution in [3.05, 3.63) is 64.1 Å². The minimum absolute atomic E-state index is 0.196. The van der Waals surface area contributed by atoms with Crippen LogP contribution in [-0.2, 0) is 26.2 Å². The van der Waals surface area contributed by atoms with Crippen LogP contribution in [0.4, 0.5) is 5.69 Å². The summed E-state index contributed by atoms with van der Waals surface area (Å²) in [5.41, 5.74) is 2.25. The van der Waals surface area contributed by atoms with Crippen LogP contribution in [0.25, 0.3) is 0 Å². The Morgan fingerprint density at radius 3 is 2.33 bits per heavy atom. The highest BCUT2D eigenvalue weighted by Gasteiger charge is 2.30. The topological polar surface area (TPSA) is 86.8 Å². The average molecular weight is 539 g/mol. The minimum Gasteiger partial charge on any atom is -0.354 e. The molecule has 180 valence electrons. The van der Waals surface area contributed by atoms with Gasteiger partial charge in [-0.3, -0.25) is 13.9 Å². The summed E-state index contributed by atoms with van der Waals surface area (Å²) >= 11 is 3.37. The Hall–Kier alpha value is -2.39. The van der Waals surface area contributed by atoms with Crippen LogP contribution >= 0.6 is 15.9 Å². The molecule has 7 nitrogen and oxygen atoms in total. The first-order valence-electron chi connectivity index (χ1n) is 10.9. The molecule has 0 bridgehead atoms. The normalized spacial score (nSPS) is 12.2. The van der Waals surface area contributed by atoms with Crippen LogP contribution in [0.3, 0.4) is 0 Å². The number of aryl methyl sites for hydroxylation is 1. The Bertz CT molecular complexity index is 1070. The molecule has 2 amide bonds. The number of nitrogens with zero attached hydrogens (tertiary/aromatic N) is 2. The molecule has 0 spiro atoms. The van der Waals surface area contributed by atoms with Gasteiger partial charge in [0.1, 0.15) is 12.6 Å². The molecule has 9 heteroatoms. The molecule has 0 saturated carbocycles. The van der Waals surface area contributed by atoms with Gasteiger partial charge in [-0.1, -0.05) is 49.7 Å². The molecule has 0 fully saturated rings. The van der Waals surface area contributed by atoms with Gasteiger partial charge in [0.2, 0.25) is 21.8 Å². The second-order valence-corrected chi connectivity index (χ2v) is 10.8. The summed E-state index contributed by atoms with van der Waals surface area (Å²) in [6.07, 6.45) is 2.84. The van der Waals surface area contributed by atoms with Gasteiger partial charge in [-0.2, -0.15) is 0 Å². The van der Waals surface area contributed by atoms with Crippen LogP contribution < -0.4 is 9.62 Å². The number of unbranched alkanes of at least 4 members (excludes halogenated alkanes) is 1. The van der Waals surface area contributed by atoms with E-state index in [9.17, 15) is 18.0 Å². The molecule has 1 N–H and O–H groups in total. The number of sulfonamides is 1. The summed E-state index contributed by atoms with van der Waals surface area (Å²) < 4.78 is 26.8. The first-order valence-corrected chi connectivity index (χ1v) is 13.5. The molecule has 1 atom stereocenters. The van der Waals surface area contributed by atoms with Crippen LogP contribution in [0.5, 0.6) is 0 Å². The lowest BCUT2D eigenvalue weighted by atomic mass is 10.1. The van der Waals surface area contributed by atoms with Gasteiger partial charge >= 0.3 is 0 Å². The van der Waals surface area contributed by atoms with Gasteiger partial charge in [-0.05, 0) is 59.5 Å². The molecule has 1 unspecified atom stereocenters. The van der Waals surface area contributed by atoms with Gasteiger partial charge in [-0.25, -0.2) is 8.42 Å². The molecule has 0 aliphatic carbocycles. The number of carbonyl (C=O) groups excluding carboxylic acids is 2. The minimum atomic E-state index is -3.76. The third-order valence-corrected chi connectivity index (χ3v) is 7.20. The van der Waals surface area contributed by atoms with Crippen LogP contribution in [0.2, 0.25) is 0 Å². The number of hydrogen-bond donors (Lipinski definition) is 1. The van der Waals surface area contributed by atoms with Gasteiger partial charge in [-0.15, -0.1) is 0 Å². The molecular formula is C24H32BrN3O4S. The second-order valence-electron chi connectivity index (χ2n) is 7.99. The van der Waals surface area contributed by atoms with Crippen molar-refractivity contribution >= 4 is 43.5 Å². The molecule has 0 heterocycles. The monoisotopic (exact) mass is 537 g/mol. The second kappa shape index (κ2) is 12.2. The smallest absolute Gasteiger partial charge is 0.244 e. The molecule has 2 rings (SSSR count). The first-order chi connectivity index (χ1) is 15.6. The van der Waals surface area contributed by atoms with Crippen LogP contribution in [0.1, 0.15) is 37.8 Å². The molecule has 0 aromatic heterocycles. The molecule has 2 aromatic rings. The number of nitrogens with one attached hydrogen (secondary N) is 1. The number of halogens is 1. The fraction of sp³-hybridized carbons (Fsp3) is 0.417. The maximum atomic E-state index is 13.5. The van der Waals surface area contributed by atoms with Gasteiger partial charge < -0.3 is 10.2 Å². The Labute approximate surface area is 205 Å². The number of para-hydroxylation sites is 1. The van der Waals surface area contributed by atoms with Crippen molar-refractivity contribution < 1.29 is 18.0 Å². The fourth-order valence-corrected chi connectivity index (χ4v) is 4.82. The molecule has 0 saturated heterocycles. The lowest BCUT2D eigenvalue weighted by molar-refractivity contribution is -0.139. The Morgan fingerprint density at radius 2 is 1.73 bits per heavy atom. The van der Waals surface area contributed by atoms with Crippen LogP contribution in [0, 0.1) is 6.92 Å². The summed E-state index contributed by atoms with van der Waals surface area (Å²) in [7, 11) is -3.76. The number of amides is 2. The van der Waals surface area contributed by atoms with E-state index in [1.165, 1.54) is 4.90 Å². The highest BCUT2D eigenvalue weighted by molar-refractivity contribution is 9.10. The molecular weight excluding hydrogens is 506 g/mol. The molecule has 0 aliphatic rings. The number of rotatable bonds is 11. The first kappa shape index (κ1) is 26.9. The van der Waals surface area contributed by atoms with E-state index in [1.54, 1.807) is 31.2 Å². The zero-order valence-electron chi connectivity index (χ0n) is 19.5. The third-order valence-electron chi connectivity index (χ3n) is 5.40. The van der Waals surface area contributed by atoms with Crippen molar-refractivity contribution in [3.63, 3.8) is 0 Å². The standard InChI is InChI=1S/C24H32BrN3O4S/c1-5-6-15-26-24(30)19(3)27(16-20-12-8-7-11-18(20)2)23(29)17-28(33(4,31)32)22-14-10-9-13-21(22)25/h7-14,19H,5-6,15-17H2,1-4H3,(H,26,30). The van der Waals surface area contributed by atoms with E-state index >= 15 is 0 Å². The van der Waals surface area contributed by atoms with Crippen molar-refractivity contribution in [1.82, 2.24) is 10.2 Å². The molecule has 0 radical (unpaired) electrons. The highest BCUT2D eigenvalue weighted by atomic mass is 79.9. The quantitative estimate of drug-likeness (QED) is 0.441. The van der Waals surface area contributed by atoms with Crippen molar-refractivity contribution in [2.24, 2.45) is 0 Å². The van der Waals surface area contributed by atoms with Gasteiger partial charge in [0.15, 0.2) is 0 Å². The van der Waals surface area contributed by atoms with E-state index < -0.39 is 28.5 Å². The number of hydrogen-bond acceptors (Lipinski definition) is 4. The summed E-state index contributed by atoms with van der Waals surface area (Å²) in [6.45, 7) is 5.94. The van der Waals surface area contributed by atoms with Crippen LogP contribution in [0.15, 0.2) is 53.0 Å². The van der Waals surface area contributed by atoms with E-state index in [4.69, 9.17) is 0 Å². The van der Waals surface area contributed by atoms with Crippen molar-refractivity contribution in [2.45, 2.75) is 46.2 Å². The number of carbonyl (C=O) groups is 2. The van der Waals surface area contributed by atoms with E-state index in [2.05, 4.69) is 21.2 Å². The zero-order chi connectivity index (χ0) is 24.6. The molecule has 33 heavy (non-hydrogen) atoms. The van der Waals surface area contributed by atoms with E-state index in [0.29, 0.717) is 16.7 Å².